The van der Waals surface area contributed by atoms with Crippen molar-refractivity contribution in [1.82, 2.24) is 9.97 Å². The smallest absolute Gasteiger partial charge is 0.335 e. The number of aryl methyl sites for hydroxylation is 1. The summed E-state index contributed by atoms with van der Waals surface area (Å²) < 4.78 is 0. The fourth-order valence-electron chi connectivity index (χ4n) is 1.91. The molecule has 0 saturated heterocycles. The highest BCUT2D eigenvalue weighted by Crippen LogP contribution is 2.06. The van der Waals surface area contributed by atoms with E-state index in [0.29, 0.717) is 24.6 Å². The first-order chi connectivity index (χ1) is 10.1. The minimum atomic E-state index is -0.931. The number of anilines is 1. The fourth-order valence-corrected chi connectivity index (χ4v) is 1.91. The van der Waals surface area contributed by atoms with Crippen LogP contribution in [0.25, 0.3) is 0 Å². The van der Waals surface area contributed by atoms with Crippen molar-refractivity contribution in [3.63, 3.8) is 0 Å². The third-order valence-electron chi connectivity index (χ3n) is 3.05. The Labute approximate surface area is 121 Å². The van der Waals surface area contributed by atoms with Gasteiger partial charge in [-0.1, -0.05) is 19.1 Å². The van der Waals surface area contributed by atoms with Crippen molar-refractivity contribution >= 4 is 11.8 Å². The maximum atomic E-state index is 11.4. The number of hydrogen-bond acceptors (Lipinski definition) is 4. The van der Waals surface area contributed by atoms with Gasteiger partial charge in [0.15, 0.2) is 0 Å². The Balaban J connectivity index is 1.93. The van der Waals surface area contributed by atoms with Gasteiger partial charge in [-0.05, 0) is 24.1 Å². The van der Waals surface area contributed by atoms with E-state index in [0.717, 1.165) is 12.0 Å². The zero-order chi connectivity index (χ0) is 15.2. The lowest BCUT2D eigenvalue weighted by Crippen LogP contribution is -2.14. The molecule has 0 aliphatic carbocycles. The molecular weight excluding hydrogens is 270 g/mol. The van der Waals surface area contributed by atoms with E-state index in [1.54, 1.807) is 24.3 Å². The molecule has 110 valence electrons. The SMILES string of the molecule is CCc1nc(NCCc2ccc(C(=O)O)cc2)cc(=O)[nH]1. The van der Waals surface area contributed by atoms with Gasteiger partial charge in [0.25, 0.3) is 5.56 Å². The van der Waals surface area contributed by atoms with Gasteiger partial charge in [0.2, 0.25) is 0 Å². The summed E-state index contributed by atoms with van der Waals surface area (Å²) in [7, 11) is 0. The van der Waals surface area contributed by atoms with Crippen LogP contribution in [0, 0.1) is 0 Å². The number of aromatic nitrogens is 2. The molecule has 21 heavy (non-hydrogen) atoms. The molecule has 1 aromatic carbocycles. The van der Waals surface area contributed by atoms with Gasteiger partial charge in [0.05, 0.1) is 5.56 Å². The summed E-state index contributed by atoms with van der Waals surface area (Å²) in [5.74, 6) is 0.271. The van der Waals surface area contributed by atoms with Crippen molar-refractivity contribution in [3.8, 4) is 0 Å². The summed E-state index contributed by atoms with van der Waals surface area (Å²) in [5, 5.41) is 11.9. The van der Waals surface area contributed by atoms with Gasteiger partial charge in [-0.15, -0.1) is 0 Å². The van der Waals surface area contributed by atoms with Crippen LogP contribution in [-0.4, -0.2) is 27.6 Å². The van der Waals surface area contributed by atoms with Crippen molar-refractivity contribution in [2.45, 2.75) is 19.8 Å². The first kappa shape index (κ1) is 14.8. The van der Waals surface area contributed by atoms with Gasteiger partial charge in [0.1, 0.15) is 11.6 Å². The Bertz CT molecular complexity index is 677. The number of carboxylic acids is 1. The summed E-state index contributed by atoms with van der Waals surface area (Å²) in [6, 6.07) is 8.16. The van der Waals surface area contributed by atoms with E-state index in [2.05, 4.69) is 15.3 Å². The normalized spacial score (nSPS) is 10.3. The van der Waals surface area contributed by atoms with Gasteiger partial charge in [0, 0.05) is 19.0 Å². The van der Waals surface area contributed by atoms with E-state index in [9.17, 15) is 9.59 Å². The van der Waals surface area contributed by atoms with Crippen LogP contribution in [-0.2, 0) is 12.8 Å². The monoisotopic (exact) mass is 287 g/mol. The molecule has 0 unspecified atom stereocenters. The van der Waals surface area contributed by atoms with Crippen LogP contribution in [0.15, 0.2) is 35.1 Å². The summed E-state index contributed by atoms with van der Waals surface area (Å²) in [6.45, 7) is 2.54. The molecule has 0 bridgehead atoms. The summed E-state index contributed by atoms with van der Waals surface area (Å²) in [5.41, 5.74) is 1.12. The van der Waals surface area contributed by atoms with Gasteiger partial charge in [-0.25, -0.2) is 9.78 Å². The zero-order valence-corrected chi connectivity index (χ0v) is 11.7. The highest BCUT2D eigenvalue weighted by Gasteiger charge is 2.02. The molecule has 0 amide bonds. The number of aromatic carboxylic acids is 1. The second kappa shape index (κ2) is 6.69. The predicted molar refractivity (Wildman–Crippen MR) is 79.8 cm³/mol. The third-order valence-corrected chi connectivity index (χ3v) is 3.05. The van der Waals surface area contributed by atoms with E-state index in [-0.39, 0.29) is 11.1 Å². The number of hydrogen-bond donors (Lipinski definition) is 3. The minimum Gasteiger partial charge on any atom is -0.478 e. The van der Waals surface area contributed by atoms with E-state index >= 15 is 0 Å². The number of nitrogens with one attached hydrogen (secondary N) is 2. The molecule has 2 aromatic rings. The molecule has 0 aliphatic heterocycles. The lowest BCUT2D eigenvalue weighted by Gasteiger charge is -2.07. The van der Waals surface area contributed by atoms with E-state index in [1.165, 1.54) is 6.07 Å². The van der Waals surface area contributed by atoms with E-state index in [4.69, 9.17) is 5.11 Å². The third kappa shape index (κ3) is 4.17. The highest BCUT2D eigenvalue weighted by atomic mass is 16.4. The number of nitrogens with zero attached hydrogens (tertiary/aromatic N) is 1. The lowest BCUT2D eigenvalue weighted by molar-refractivity contribution is 0.0697. The quantitative estimate of drug-likeness (QED) is 0.751. The fraction of sp³-hybridized carbons (Fsp3) is 0.267. The topological polar surface area (TPSA) is 95.1 Å². The summed E-state index contributed by atoms with van der Waals surface area (Å²) in [4.78, 5) is 29.1. The van der Waals surface area contributed by atoms with Crippen LogP contribution < -0.4 is 10.9 Å². The second-order valence-corrected chi connectivity index (χ2v) is 4.61. The number of H-pyrrole nitrogens is 1. The lowest BCUT2D eigenvalue weighted by atomic mass is 10.1. The first-order valence-electron chi connectivity index (χ1n) is 6.75. The standard InChI is InChI=1S/C15H17N3O3/c1-2-12-17-13(9-14(19)18-12)16-8-7-10-3-5-11(6-4-10)15(20)21/h3-6,9H,2,7-8H2,1H3,(H,20,21)(H2,16,17,18,19). The molecule has 3 N–H and O–H groups in total. The van der Waals surface area contributed by atoms with Gasteiger partial charge < -0.3 is 15.4 Å². The largest absolute Gasteiger partial charge is 0.478 e. The van der Waals surface area contributed by atoms with Crippen LogP contribution in [0.4, 0.5) is 5.82 Å². The molecular formula is C15H17N3O3. The number of carboxylic acid groups (broad SMARTS) is 1. The number of rotatable bonds is 6. The van der Waals surface area contributed by atoms with E-state index in [1.807, 2.05) is 6.92 Å². The van der Waals surface area contributed by atoms with Crippen molar-refractivity contribution in [3.05, 3.63) is 57.6 Å². The molecule has 0 saturated carbocycles. The Morgan fingerprint density at radius 3 is 2.67 bits per heavy atom. The summed E-state index contributed by atoms with van der Waals surface area (Å²) >= 11 is 0. The van der Waals surface area contributed by atoms with Crippen LogP contribution in [0.1, 0.15) is 28.7 Å². The van der Waals surface area contributed by atoms with Gasteiger partial charge in [-0.2, -0.15) is 0 Å². The molecule has 1 aromatic heterocycles. The molecule has 0 radical (unpaired) electrons. The molecule has 6 heteroatoms. The molecule has 2 rings (SSSR count). The van der Waals surface area contributed by atoms with Crippen molar-refractivity contribution in [2.24, 2.45) is 0 Å². The number of aromatic amines is 1. The van der Waals surface area contributed by atoms with Gasteiger partial charge >= 0.3 is 5.97 Å². The van der Waals surface area contributed by atoms with Crippen LogP contribution in [0.2, 0.25) is 0 Å². The second-order valence-electron chi connectivity index (χ2n) is 4.61. The van der Waals surface area contributed by atoms with E-state index < -0.39 is 5.97 Å². The Morgan fingerprint density at radius 1 is 1.33 bits per heavy atom. The Hall–Kier alpha value is -2.63. The zero-order valence-electron chi connectivity index (χ0n) is 11.7. The van der Waals surface area contributed by atoms with Crippen molar-refractivity contribution < 1.29 is 9.90 Å². The van der Waals surface area contributed by atoms with Crippen LogP contribution >= 0.6 is 0 Å². The number of benzene rings is 1. The predicted octanol–water partition coefficient (Wildman–Crippen LogP) is 1.69. The van der Waals surface area contributed by atoms with Gasteiger partial charge in [-0.3, -0.25) is 4.79 Å². The molecule has 0 spiro atoms. The highest BCUT2D eigenvalue weighted by molar-refractivity contribution is 5.87. The Morgan fingerprint density at radius 2 is 2.05 bits per heavy atom. The van der Waals surface area contributed by atoms with Crippen LogP contribution in [0.5, 0.6) is 0 Å². The molecule has 1 heterocycles. The minimum absolute atomic E-state index is 0.171. The van der Waals surface area contributed by atoms with Crippen molar-refractivity contribution in [2.75, 3.05) is 11.9 Å². The Kier molecular flexibility index (Phi) is 4.71. The maximum Gasteiger partial charge on any atom is 0.335 e. The maximum absolute atomic E-state index is 11.4. The summed E-state index contributed by atoms with van der Waals surface area (Å²) in [6.07, 6.45) is 1.39. The average Bonchev–Trinajstić information content (AvgIpc) is 2.47. The van der Waals surface area contributed by atoms with Crippen molar-refractivity contribution in [1.29, 1.82) is 0 Å². The molecule has 6 nitrogen and oxygen atoms in total. The first-order valence-corrected chi connectivity index (χ1v) is 6.75. The molecule has 0 atom stereocenters. The molecule has 0 fully saturated rings. The van der Waals surface area contributed by atoms with Crippen LogP contribution in [0.3, 0.4) is 0 Å². The molecule has 0 aliphatic rings. The number of carbonyl (C=O) groups is 1. The average molecular weight is 287 g/mol.